The molecule has 4 rings (SSSR count). The number of aliphatic carboxylic acids is 1. The Morgan fingerprint density at radius 3 is 2.17 bits per heavy atom. The van der Waals surface area contributed by atoms with Crippen molar-refractivity contribution in [2.24, 2.45) is 18.4 Å². The lowest BCUT2D eigenvalue weighted by atomic mass is 9.72. The number of hydrogen-bond donors (Lipinski definition) is 2. The summed E-state index contributed by atoms with van der Waals surface area (Å²) in [7, 11) is 4.78. The van der Waals surface area contributed by atoms with Crippen molar-refractivity contribution in [3.8, 4) is 11.5 Å². The summed E-state index contributed by atoms with van der Waals surface area (Å²) >= 11 is 0. The van der Waals surface area contributed by atoms with Crippen molar-refractivity contribution in [2.75, 3.05) is 14.2 Å². The highest BCUT2D eigenvalue weighted by molar-refractivity contribution is 5.98. The number of aryl methyl sites for hydroxylation is 1. The molecule has 3 aromatic rings. The van der Waals surface area contributed by atoms with Gasteiger partial charge in [0.1, 0.15) is 11.8 Å². The van der Waals surface area contributed by atoms with Crippen LogP contribution in [0.1, 0.15) is 74.8 Å². The lowest BCUT2D eigenvalue weighted by Gasteiger charge is -2.35. The number of aromatic nitrogens is 2. The van der Waals surface area contributed by atoms with E-state index in [0.717, 1.165) is 16.9 Å². The van der Waals surface area contributed by atoms with Crippen LogP contribution in [0.5, 0.6) is 11.5 Å². The molecule has 226 valence electrons. The molecule has 2 heterocycles. The molecule has 1 aliphatic rings. The van der Waals surface area contributed by atoms with E-state index in [-0.39, 0.29) is 11.1 Å². The Hall–Kier alpha value is -3.85. The Kier molecular flexibility index (Phi) is 8.73. The zero-order valence-corrected chi connectivity index (χ0v) is 26.1. The third-order valence-corrected chi connectivity index (χ3v) is 8.30. The Morgan fingerprint density at radius 1 is 0.976 bits per heavy atom. The van der Waals surface area contributed by atoms with Gasteiger partial charge in [0.25, 0.3) is 5.91 Å². The minimum atomic E-state index is -1.11. The average molecular weight is 577 g/mol. The van der Waals surface area contributed by atoms with Gasteiger partial charge in [-0.25, -0.2) is 4.79 Å². The molecule has 0 unspecified atom stereocenters. The number of likely N-dealkylation sites (tertiary alicyclic amines) is 1. The number of amides is 1. The van der Waals surface area contributed by atoms with Crippen LogP contribution in [0.2, 0.25) is 0 Å². The third kappa shape index (κ3) is 5.88. The first-order chi connectivity index (χ1) is 19.7. The quantitative estimate of drug-likeness (QED) is 0.379. The van der Waals surface area contributed by atoms with Gasteiger partial charge in [0, 0.05) is 31.1 Å². The van der Waals surface area contributed by atoms with Gasteiger partial charge in [-0.2, -0.15) is 5.10 Å². The maximum atomic E-state index is 14.4. The summed E-state index contributed by atoms with van der Waals surface area (Å²) in [5, 5.41) is 18.7. The summed E-state index contributed by atoms with van der Waals surface area (Å²) in [6.45, 7) is 13.0. The van der Waals surface area contributed by atoms with Crippen LogP contribution in [0.15, 0.2) is 54.7 Å². The molecule has 1 aromatic heterocycles. The number of carbonyl (C=O) groups excluding carboxylic acids is 1. The average Bonchev–Trinajstić information content (AvgIpc) is 3.49. The number of carbonyl (C=O) groups is 2. The molecule has 0 saturated carbocycles. The van der Waals surface area contributed by atoms with Crippen LogP contribution in [0, 0.1) is 11.3 Å². The van der Waals surface area contributed by atoms with Gasteiger partial charge < -0.3 is 24.8 Å². The van der Waals surface area contributed by atoms with Crippen LogP contribution in [0.4, 0.5) is 0 Å². The lowest BCUT2D eigenvalue weighted by molar-refractivity contribution is -0.144. The van der Waals surface area contributed by atoms with E-state index >= 15 is 0 Å². The van der Waals surface area contributed by atoms with Crippen LogP contribution < -0.4 is 14.8 Å². The van der Waals surface area contributed by atoms with Gasteiger partial charge >= 0.3 is 5.97 Å². The second-order valence-electron chi connectivity index (χ2n) is 13.1. The molecule has 1 amide bonds. The predicted molar refractivity (Wildman–Crippen MR) is 162 cm³/mol. The van der Waals surface area contributed by atoms with Crippen LogP contribution in [-0.2, 0) is 23.8 Å². The Labute approximate surface area is 248 Å². The maximum absolute atomic E-state index is 14.4. The molecule has 1 fully saturated rings. The van der Waals surface area contributed by atoms with Gasteiger partial charge in [-0.15, -0.1) is 0 Å². The van der Waals surface area contributed by atoms with E-state index in [1.165, 1.54) is 28.5 Å². The number of nitrogens with one attached hydrogen (secondary N) is 1. The van der Waals surface area contributed by atoms with Crippen LogP contribution in [0.3, 0.4) is 0 Å². The molecular formula is C33H44N4O5. The standard InChI is InChI=1S/C33H44N4O5/c1-32(2,3)22-15-16-23(41-8)21(17-22)18-34-26-25(33(4,5)6)29(31(39)40)37(27(26)20-13-11-10-12-14-20)30(38)28-24(42-9)19-35-36(28)7/h10-17,19,25-27,29,34H,18H2,1-9H3,(H,39,40)/t25-,26-,27-,29-/m0/s1. The molecule has 2 aromatic carbocycles. The fourth-order valence-corrected chi connectivity index (χ4v) is 6.25. The molecule has 0 aliphatic carbocycles. The Bertz CT molecular complexity index is 1420. The Morgan fingerprint density at radius 2 is 1.62 bits per heavy atom. The van der Waals surface area contributed by atoms with Crippen LogP contribution in [-0.4, -0.2) is 58.0 Å². The van der Waals surface area contributed by atoms with Crippen molar-refractivity contribution in [3.63, 3.8) is 0 Å². The predicted octanol–water partition coefficient (Wildman–Crippen LogP) is 5.21. The SMILES string of the molecule is COc1ccc(C(C)(C)C)cc1CN[C@H]1[C@H](C(C)(C)C)[C@@H](C(=O)O)N(C(=O)c2c(OC)cnn2C)[C@H]1c1ccccc1. The Balaban J connectivity index is 1.88. The molecule has 42 heavy (non-hydrogen) atoms. The highest BCUT2D eigenvalue weighted by Crippen LogP contribution is 2.49. The van der Waals surface area contributed by atoms with Gasteiger partial charge in [0.2, 0.25) is 0 Å². The van der Waals surface area contributed by atoms with Gasteiger partial charge in [-0.3, -0.25) is 9.48 Å². The van der Waals surface area contributed by atoms with E-state index < -0.39 is 41.3 Å². The summed E-state index contributed by atoms with van der Waals surface area (Å²) in [6.07, 6.45) is 1.47. The zero-order valence-electron chi connectivity index (χ0n) is 26.1. The molecule has 0 radical (unpaired) electrons. The van der Waals surface area contributed by atoms with E-state index in [9.17, 15) is 14.7 Å². The van der Waals surface area contributed by atoms with E-state index in [0.29, 0.717) is 12.3 Å². The molecule has 9 nitrogen and oxygen atoms in total. The van der Waals surface area contributed by atoms with E-state index in [2.05, 4.69) is 43.3 Å². The molecular weight excluding hydrogens is 532 g/mol. The highest BCUT2D eigenvalue weighted by atomic mass is 16.5. The smallest absolute Gasteiger partial charge is 0.326 e. The lowest BCUT2D eigenvalue weighted by Crippen LogP contribution is -2.48. The minimum absolute atomic E-state index is 0.0608. The topological polar surface area (TPSA) is 106 Å². The second kappa shape index (κ2) is 11.8. The normalized spacial score (nSPS) is 20.9. The summed E-state index contributed by atoms with van der Waals surface area (Å²) in [5.74, 6) is -0.897. The van der Waals surface area contributed by atoms with Crippen molar-refractivity contribution < 1.29 is 24.2 Å². The summed E-state index contributed by atoms with van der Waals surface area (Å²) < 4.78 is 12.6. The van der Waals surface area contributed by atoms with Gasteiger partial charge in [-0.1, -0.05) is 84.0 Å². The summed E-state index contributed by atoms with van der Waals surface area (Å²) in [6, 6.07) is 13.7. The molecule has 1 saturated heterocycles. The minimum Gasteiger partial charge on any atom is -0.496 e. The van der Waals surface area contributed by atoms with Gasteiger partial charge in [0.05, 0.1) is 26.5 Å². The summed E-state index contributed by atoms with van der Waals surface area (Å²) in [4.78, 5) is 29.1. The highest BCUT2D eigenvalue weighted by Gasteiger charge is 2.58. The first kappa shape index (κ1) is 31.1. The van der Waals surface area contributed by atoms with Crippen LogP contribution in [0.25, 0.3) is 0 Å². The number of methoxy groups -OCH3 is 2. The fourth-order valence-electron chi connectivity index (χ4n) is 6.25. The van der Waals surface area contributed by atoms with Crippen molar-refractivity contribution in [3.05, 3.63) is 77.1 Å². The van der Waals surface area contributed by atoms with Crippen molar-refractivity contribution >= 4 is 11.9 Å². The number of rotatable bonds is 8. The number of carboxylic acid groups (broad SMARTS) is 1. The molecule has 0 spiro atoms. The van der Waals surface area contributed by atoms with Crippen LogP contribution >= 0.6 is 0 Å². The van der Waals surface area contributed by atoms with Crippen molar-refractivity contribution in [1.29, 1.82) is 0 Å². The molecule has 2 N–H and O–H groups in total. The monoisotopic (exact) mass is 576 g/mol. The maximum Gasteiger partial charge on any atom is 0.326 e. The number of nitrogens with zero attached hydrogens (tertiary/aromatic N) is 3. The molecule has 9 heteroatoms. The number of hydrogen-bond acceptors (Lipinski definition) is 6. The van der Waals surface area contributed by atoms with Gasteiger partial charge in [-0.05, 0) is 28.0 Å². The number of carboxylic acids is 1. The largest absolute Gasteiger partial charge is 0.496 e. The molecule has 1 aliphatic heterocycles. The zero-order chi connectivity index (χ0) is 31.0. The van der Waals surface area contributed by atoms with E-state index in [1.807, 2.05) is 57.2 Å². The number of ether oxygens (including phenoxy) is 2. The van der Waals surface area contributed by atoms with Gasteiger partial charge in [0.15, 0.2) is 11.4 Å². The number of benzene rings is 2. The second-order valence-corrected chi connectivity index (χ2v) is 13.1. The first-order valence-corrected chi connectivity index (χ1v) is 14.3. The van der Waals surface area contributed by atoms with Crippen molar-refractivity contribution in [2.45, 2.75) is 71.6 Å². The first-order valence-electron chi connectivity index (χ1n) is 14.3. The summed E-state index contributed by atoms with van der Waals surface area (Å²) in [5.41, 5.74) is 2.65. The van der Waals surface area contributed by atoms with E-state index in [4.69, 9.17) is 9.47 Å². The van der Waals surface area contributed by atoms with Crippen molar-refractivity contribution in [1.82, 2.24) is 20.0 Å². The van der Waals surface area contributed by atoms with E-state index in [1.54, 1.807) is 14.2 Å². The fraction of sp³-hybridized carbons (Fsp3) is 0.485. The third-order valence-electron chi connectivity index (χ3n) is 8.30. The molecule has 4 atom stereocenters. The molecule has 0 bridgehead atoms.